The van der Waals surface area contributed by atoms with Crippen LogP contribution in [-0.2, 0) is 0 Å². The van der Waals surface area contributed by atoms with Crippen molar-refractivity contribution in [3.05, 3.63) is 34.6 Å². The Morgan fingerprint density at radius 3 is 2.94 bits per heavy atom. The van der Waals surface area contributed by atoms with Crippen LogP contribution in [-0.4, -0.2) is 11.5 Å². The number of aromatic nitrogens is 1. The summed E-state index contributed by atoms with van der Waals surface area (Å²) in [5, 5.41) is 3.47. The molecule has 2 atom stereocenters. The van der Waals surface area contributed by atoms with Crippen LogP contribution in [0.3, 0.4) is 0 Å². The Balaban J connectivity index is 1.86. The van der Waals surface area contributed by atoms with Gasteiger partial charge in [-0.15, -0.1) is 0 Å². The Morgan fingerprint density at radius 1 is 1.47 bits per heavy atom. The fourth-order valence-corrected chi connectivity index (χ4v) is 2.82. The van der Waals surface area contributed by atoms with E-state index in [0.29, 0.717) is 0 Å². The second-order valence-corrected chi connectivity index (χ2v) is 5.86. The van der Waals surface area contributed by atoms with Gasteiger partial charge in [0.1, 0.15) is 4.60 Å². The molecule has 2 rings (SSSR count). The minimum absolute atomic E-state index is 0.721. The number of nitrogens with one attached hydrogen (secondary N) is 1. The van der Waals surface area contributed by atoms with Crippen molar-refractivity contribution in [1.29, 1.82) is 0 Å². The summed E-state index contributed by atoms with van der Waals surface area (Å²) in [4.78, 5) is 4.22. The molecule has 1 heterocycles. The molecular formula is C14H19BrN2. The van der Waals surface area contributed by atoms with Crippen LogP contribution in [0, 0.1) is 11.8 Å². The number of anilines is 1. The molecule has 2 nitrogen and oxygen atoms in total. The van der Waals surface area contributed by atoms with E-state index in [-0.39, 0.29) is 0 Å². The van der Waals surface area contributed by atoms with E-state index in [4.69, 9.17) is 0 Å². The molecule has 0 radical (unpaired) electrons. The summed E-state index contributed by atoms with van der Waals surface area (Å²) in [6.45, 7) is 5.58. The van der Waals surface area contributed by atoms with E-state index in [0.717, 1.165) is 28.7 Å². The number of rotatable bonds is 3. The lowest BCUT2D eigenvalue weighted by Crippen LogP contribution is -2.20. The molecular weight excluding hydrogens is 276 g/mol. The van der Waals surface area contributed by atoms with Crippen LogP contribution < -0.4 is 5.32 Å². The van der Waals surface area contributed by atoms with Gasteiger partial charge in [-0.2, -0.15) is 0 Å². The van der Waals surface area contributed by atoms with Gasteiger partial charge in [-0.3, -0.25) is 0 Å². The molecule has 0 aromatic carbocycles. The molecule has 0 bridgehead atoms. The van der Waals surface area contributed by atoms with E-state index in [9.17, 15) is 0 Å². The molecule has 0 saturated heterocycles. The zero-order chi connectivity index (χ0) is 12.3. The lowest BCUT2D eigenvalue weighted by Gasteiger charge is -2.25. The monoisotopic (exact) mass is 294 g/mol. The first kappa shape index (κ1) is 12.6. The number of hydrogen-bond acceptors (Lipinski definition) is 2. The Kier molecular flexibility index (Phi) is 4.21. The van der Waals surface area contributed by atoms with Gasteiger partial charge in [0.15, 0.2) is 0 Å². The average Bonchev–Trinajstić information content (AvgIpc) is 2.27. The lowest BCUT2D eigenvalue weighted by molar-refractivity contribution is 0.421. The standard InChI is InChI=1S/C14H19BrN2/c1-10-5-11(2)7-12(6-10)8-16-13-3-4-14(15)17-9-13/h3-5,9-10,12,16H,6-8H2,1-2H3. The number of allylic oxidation sites excluding steroid dienone is 2. The molecule has 0 aliphatic heterocycles. The summed E-state index contributed by atoms with van der Waals surface area (Å²) in [7, 11) is 0. The summed E-state index contributed by atoms with van der Waals surface area (Å²) in [6, 6.07) is 4.03. The summed E-state index contributed by atoms with van der Waals surface area (Å²) in [6.07, 6.45) is 6.78. The van der Waals surface area contributed by atoms with Gasteiger partial charge < -0.3 is 5.32 Å². The van der Waals surface area contributed by atoms with E-state index in [2.05, 4.69) is 52.2 Å². The fraction of sp³-hybridized carbons (Fsp3) is 0.500. The Hall–Kier alpha value is -0.830. The molecule has 3 heteroatoms. The minimum atomic E-state index is 0.721. The molecule has 1 aliphatic carbocycles. The van der Waals surface area contributed by atoms with E-state index in [1.54, 1.807) is 0 Å². The van der Waals surface area contributed by atoms with Crippen molar-refractivity contribution in [2.24, 2.45) is 11.8 Å². The maximum absolute atomic E-state index is 4.22. The third kappa shape index (κ3) is 3.84. The van der Waals surface area contributed by atoms with Crippen LogP contribution in [0.25, 0.3) is 0 Å². The van der Waals surface area contributed by atoms with Gasteiger partial charge in [-0.05, 0) is 59.7 Å². The summed E-state index contributed by atoms with van der Waals surface area (Å²) in [5.41, 5.74) is 2.64. The third-order valence-corrected chi connectivity index (χ3v) is 3.68. The highest BCUT2D eigenvalue weighted by Crippen LogP contribution is 2.28. The number of nitrogens with zero attached hydrogens (tertiary/aromatic N) is 1. The average molecular weight is 295 g/mol. The van der Waals surface area contributed by atoms with Gasteiger partial charge in [-0.1, -0.05) is 18.6 Å². The zero-order valence-corrected chi connectivity index (χ0v) is 12.0. The molecule has 2 unspecified atom stereocenters. The second-order valence-electron chi connectivity index (χ2n) is 5.05. The maximum atomic E-state index is 4.22. The first-order valence-electron chi connectivity index (χ1n) is 6.16. The Labute approximate surface area is 112 Å². The molecule has 1 aliphatic rings. The van der Waals surface area contributed by atoms with E-state index < -0.39 is 0 Å². The zero-order valence-electron chi connectivity index (χ0n) is 10.4. The first-order chi connectivity index (χ1) is 8.13. The highest BCUT2D eigenvalue weighted by Gasteiger charge is 2.17. The van der Waals surface area contributed by atoms with E-state index >= 15 is 0 Å². The Morgan fingerprint density at radius 2 is 2.29 bits per heavy atom. The van der Waals surface area contributed by atoms with Crippen molar-refractivity contribution in [2.75, 3.05) is 11.9 Å². The van der Waals surface area contributed by atoms with Crippen molar-refractivity contribution < 1.29 is 0 Å². The topological polar surface area (TPSA) is 24.9 Å². The van der Waals surface area contributed by atoms with Crippen LogP contribution in [0.2, 0.25) is 0 Å². The largest absolute Gasteiger partial charge is 0.384 e. The molecule has 0 saturated carbocycles. The fourth-order valence-electron chi connectivity index (χ4n) is 2.58. The van der Waals surface area contributed by atoms with Crippen LogP contribution >= 0.6 is 15.9 Å². The van der Waals surface area contributed by atoms with Crippen LogP contribution in [0.1, 0.15) is 26.7 Å². The maximum Gasteiger partial charge on any atom is 0.106 e. The van der Waals surface area contributed by atoms with E-state index in [1.165, 1.54) is 18.4 Å². The van der Waals surface area contributed by atoms with Crippen LogP contribution in [0.5, 0.6) is 0 Å². The molecule has 92 valence electrons. The van der Waals surface area contributed by atoms with Crippen LogP contribution in [0.4, 0.5) is 5.69 Å². The van der Waals surface area contributed by atoms with Gasteiger partial charge >= 0.3 is 0 Å². The molecule has 0 spiro atoms. The normalized spacial score (nSPS) is 24.3. The molecule has 17 heavy (non-hydrogen) atoms. The van der Waals surface area contributed by atoms with Gasteiger partial charge in [0.25, 0.3) is 0 Å². The number of pyridine rings is 1. The highest BCUT2D eigenvalue weighted by atomic mass is 79.9. The predicted octanol–water partition coefficient (Wildman–Crippen LogP) is 4.25. The summed E-state index contributed by atoms with van der Waals surface area (Å²) >= 11 is 3.34. The Bertz CT molecular complexity index is 397. The third-order valence-electron chi connectivity index (χ3n) is 3.21. The molecule has 1 aromatic rings. The van der Waals surface area contributed by atoms with Crippen molar-refractivity contribution in [1.82, 2.24) is 4.98 Å². The van der Waals surface area contributed by atoms with Crippen molar-refractivity contribution >= 4 is 21.6 Å². The number of halogens is 1. The minimum Gasteiger partial charge on any atom is -0.384 e. The van der Waals surface area contributed by atoms with Gasteiger partial charge in [0, 0.05) is 6.54 Å². The van der Waals surface area contributed by atoms with E-state index in [1.807, 2.05) is 12.3 Å². The first-order valence-corrected chi connectivity index (χ1v) is 6.95. The van der Waals surface area contributed by atoms with Gasteiger partial charge in [0.05, 0.1) is 11.9 Å². The molecule has 0 amide bonds. The number of hydrogen-bond donors (Lipinski definition) is 1. The molecule has 1 N–H and O–H groups in total. The molecule has 1 aromatic heterocycles. The lowest BCUT2D eigenvalue weighted by atomic mass is 9.84. The van der Waals surface area contributed by atoms with Crippen molar-refractivity contribution in [3.63, 3.8) is 0 Å². The van der Waals surface area contributed by atoms with Gasteiger partial charge in [0.2, 0.25) is 0 Å². The quantitative estimate of drug-likeness (QED) is 0.666. The smallest absolute Gasteiger partial charge is 0.106 e. The van der Waals surface area contributed by atoms with Crippen molar-refractivity contribution in [2.45, 2.75) is 26.7 Å². The van der Waals surface area contributed by atoms with Crippen molar-refractivity contribution in [3.8, 4) is 0 Å². The van der Waals surface area contributed by atoms with Gasteiger partial charge in [-0.25, -0.2) is 4.98 Å². The SMILES string of the molecule is CC1=CC(C)CC(CNc2ccc(Br)nc2)C1. The molecule has 0 fully saturated rings. The highest BCUT2D eigenvalue weighted by molar-refractivity contribution is 9.10. The predicted molar refractivity (Wildman–Crippen MR) is 76.1 cm³/mol. The summed E-state index contributed by atoms with van der Waals surface area (Å²) in [5.74, 6) is 1.47. The van der Waals surface area contributed by atoms with Crippen LogP contribution in [0.15, 0.2) is 34.6 Å². The second kappa shape index (κ2) is 5.67. The summed E-state index contributed by atoms with van der Waals surface area (Å²) < 4.78 is 0.883.